The fourth-order valence-corrected chi connectivity index (χ4v) is 5.21. The molecule has 0 spiro atoms. The molecule has 0 saturated carbocycles. The molecule has 2 aliphatic rings. The topological polar surface area (TPSA) is 139 Å². The van der Waals surface area contributed by atoms with Crippen molar-refractivity contribution < 1.29 is 31.2 Å². The number of carbonyl (C=O) groups is 2. The van der Waals surface area contributed by atoms with E-state index in [0.29, 0.717) is 16.7 Å². The van der Waals surface area contributed by atoms with Crippen LogP contribution in [0.4, 0.5) is 0 Å². The molecule has 2 aromatic carbocycles. The highest BCUT2D eigenvalue weighted by molar-refractivity contribution is 8.00. The van der Waals surface area contributed by atoms with Crippen LogP contribution in [0.15, 0.2) is 71.7 Å². The molecule has 0 amide bonds. The van der Waals surface area contributed by atoms with Crippen molar-refractivity contribution >= 4 is 47.9 Å². The fraction of sp³-hybridized carbons (Fsp3) is 0.0870. The van der Waals surface area contributed by atoms with Crippen molar-refractivity contribution in [2.45, 2.75) is 4.90 Å². The number of sulfone groups is 2. The highest BCUT2D eigenvalue weighted by Crippen LogP contribution is 2.31. The second-order valence-electron chi connectivity index (χ2n) is 7.32. The van der Waals surface area contributed by atoms with Gasteiger partial charge in [0.15, 0.2) is 25.5 Å². The smallest absolute Gasteiger partial charge is 0.361 e. The van der Waals surface area contributed by atoms with Gasteiger partial charge in [-0.25, -0.2) is 16.8 Å². The number of rotatable bonds is 2. The number of hydrogen-bond acceptors (Lipinski definition) is 6. The molecule has 0 N–H and O–H groups in total. The summed E-state index contributed by atoms with van der Waals surface area (Å²) in [4.78, 5) is 26.6. The number of nitrogens with zero attached hydrogens (tertiary/aromatic N) is 2. The average Bonchev–Trinajstić information content (AvgIpc) is 2.75. The maximum absolute atomic E-state index is 11.8. The van der Waals surface area contributed by atoms with E-state index in [1.165, 1.54) is 36.4 Å². The van der Waals surface area contributed by atoms with Crippen LogP contribution < -0.4 is 0 Å². The lowest BCUT2D eigenvalue weighted by atomic mass is 9.93. The van der Waals surface area contributed by atoms with Crippen molar-refractivity contribution in [2.75, 3.05) is 12.5 Å². The Kier molecular flexibility index (Phi) is 6.29. The third-order valence-electron chi connectivity index (χ3n) is 4.89. The Labute approximate surface area is 191 Å². The van der Waals surface area contributed by atoms with Crippen LogP contribution in [0.3, 0.4) is 0 Å². The van der Waals surface area contributed by atoms with Crippen LogP contribution in [0.25, 0.3) is 16.5 Å². The normalized spacial score (nSPS) is 15.0. The second kappa shape index (κ2) is 8.67. The lowest BCUT2D eigenvalue weighted by molar-refractivity contribution is -0.00436. The van der Waals surface area contributed by atoms with Gasteiger partial charge in [-0.3, -0.25) is 9.59 Å². The monoisotopic (exact) mass is 482 g/mol. The highest BCUT2D eigenvalue weighted by Gasteiger charge is 2.29. The van der Waals surface area contributed by atoms with Crippen molar-refractivity contribution in [1.29, 1.82) is 0 Å². The van der Waals surface area contributed by atoms with E-state index >= 15 is 0 Å². The number of Topliss-reactive ketones (excluding diaryl/α,β-unsaturated/α-hetero) is 2. The molecule has 168 valence electrons. The van der Waals surface area contributed by atoms with Crippen molar-refractivity contribution in [3.05, 3.63) is 94.6 Å². The van der Waals surface area contributed by atoms with Gasteiger partial charge < -0.3 is 5.53 Å². The molecule has 8 nitrogen and oxygen atoms in total. The summed E-state index contributed by atoms with van der Waals surface area (Å²) >= 11 is 0. The zero-order valence-corrected chi connectivity index (χ0v) is 19.3. The van der Waals surface area contributed by atoms with Gasteiger partial charge in [-0.1, -0.05) is 43.0 Å². The number of carbonyl (C=O) groups excluding carboxylic acids is 2. The zero-order chi connectivity index (χ0) is 24.6. The lowest BCUT2D eigenvalue weighted by Gasteiger charge is -2.16. The second-order valence-corrected chi connectivity index (χ2v) is 11.3. The van der Waals surface area contributed by atoms with Gasteiger partial charge >= 0.3 is 5.71 Å². The average molecular weight is 483 g/mol. The number of allylic oxidation sites excluding steroid dienone is 3. The first-order chi connectivity index (χ1) is 15.4. The molecular weight excluding hydrogens is 464 g/mol. The molecule has 33 heavy (non-hydrogen) atoms. The summed E-state index contributed by atoms with van der Waals surface area (Å²) in [5, 5.41) is 0. The maximum Gasteiger partial charge on any atom is 0.362 e. The van der Waals surface area contributed by atoms with Gasteiger partial charge in [0.1, 0.15) is 0 Å². The minimum Gasteiger partial charge on any atom is -0.361 e. The SMILES string of the molecule is C=C1C=C(S(C)(=O)=O)c2ccccc2C1=O.CS(=O)(=O)c1cccc2c1C=CC(=[N+]=[N-])C2=O. The van der Waals surface area contributed by atoms with E-state index in [0.717, 1.165) is 12.5 Å². The number of ketones is 2. The van der Waals surface area contributed by atoms with Crippen LogP contribution in [-0.2, 0) is 19.7 Å². The molecule has 0 unspecified atom stereocenters. The minimum absolute atomic E-state index is 0.0941. The van der Waals surface area contributed by atoms with Gasteiger partial charge in [-0.05, 0) is 18.2 Å². The molecule has 0 aromatic heterocycles. The van der Waals surface area contributed by atoms with Gasteiger partial charge in [0.05, 0.1) is 9.80 Å². The predicted octanol–water partition coefficient (Wildman–Crippen LogP) is 2.80. The van der Waals surface area contributed by atoms with Crippen molar-refractivity contribution in [1.82, 2.24) is 0 Å². The summed E-state index contributed by atoms with van der Waals surface area (Å²) in [6.07, 6.45) is 6.29. The number of fused-ring (bicyclic) bond motifs is 2. The molecule has 2 aromatic rings. The first-order valence-corrected chi connectivity index (χ1v) is 13.2. The molecule has 4 rings (SSSR count). The van der Waals surface area contributed by atoms with E-state index in [9.17, 15) is 26.4 Å². The fourth-order valence-electron chi connectivity index (χ4n) is 3.37. The molecule has 0 heterocycles. The van der Waals surface area contributed by atoms with Gasteiger partial charge in [0, 0.05) is 46.4 Å². The Hall–Kier alpha value is -3.72. The van der Waals surface area contributed by atoms with E-state index < -0.39 is 25.5 Å². The largest absolute Gasteiger partial charge is 0.362 e. The summed E-state index contributed by atoms with van der Waals surface area (Å²) in [7, 11) is -6.75. The molecule has 0 fully saturated rings. The molecule has 2 aliphatic carbocycles. The number of benzene rings is 2. The quantitative estimate of drug-likeness (QED) is 0.366. The molecule has 0 saturated heterocycles. The molecule has 0 bridgehead atoms. The van der Waals surface area contributed by atoms with Gasteiger partial charge in [0.25, 0.3) is 5.78 Å². The van der Waals surface area contributed by atoms with Gasteiger partial charge in [-0.2, -0.15) is 4.79 Å². The van der Waals surface area contributed by atoms with Crippen LogP contribution >= 0.6 is 0 Å². The lowest BCUT2D eigenvalue weighted by Crippen LogP contribution is -2.19. The van der Waals surface area contributed by atoms with E-state index in [-0.39, 0.29) is 32.4 Å². The highest BCUT2D eigenvalue weighted by atomic mass is 32.2. The minimum atomic E-state index is -3.40. The predicted molar refractivity (Wildman–Crippen MR) is 124 cm³/mol. The molecular formula is C23H18N2O6S2. The summed E-state index contributed by atoms with van der Waals surface area (Å²) in [6.45, 7) is 3.57. The van der Waals surface area contributed by atoms with Crippen molar-refractivity contribution in [3.63, 3.8) is 0 Å². The Morgan fingerprint density at radius 1 is 0.788 bits per heavy atom. The third kappa shape index (κ3) is 4.73. The van der Waals surface area contributed by atoms with Crippen LogP contribution in [0.2, 0.25) is 0 Å². The molecule has 10 heteroatoms. The van der Waals surface area contributed by atoms with Gasteiger partial charge in [0.2, 0.25) is 0 Å². The first-order valence-electron chi connectivity index (χ1n) is 9.39. The Bertz CT molecular complexity index is 1560. The van der Waals surface area contributed by atoms with Crippen LogP contribution in [0.1, 0.15) is 31.8 Å². The molecule has 0 aliphatic heterocycles. The summed E-state index contributed by atoms with van der Waals surface area (Å²) in [5.41, 5.74) is 10.1. The van der Waals surface area contributed by atoms with Crippen molar-refractivity contribution in [3.8, 4) is 0 Å². The van der Waals surface area contributed by atoms with Gasteiger partial charge in [-0.15, -0.1) is 0 Å². The van der Waals surface area contributed by atoms with Crippen LogP contribution in [0.5, 0.6) is 0 Å². The third-order valence-corrected chi connectivity index (χ3v) is 7.18. The summed E-state index contributed by atoms with van der Waals surface area (Å²) < 4.78 is 46.2. The number of hydrogen-bond donors (Lipinski definition) is 0. The summed E-state index contributed by atoms with van der Waals surface area (Å²) in [5.74, 6) is -0.710. The van der Waals surface area contributed by atoms with Crippen LogP contribution in [0, 0.1) is 0 Å². The van der Waals surface area contributed by atoms with E-state index in [2.05, 4.69) is 11.4 Å². The molecule has 0 radical (unpaired) electrons. The maximum atomic E-state index is 11.8. The van der Waals surface area contributed by atoms with E-state index in [1.807, 2.05) is 0 Å². The Morgan fingerprint density at radius 3 is 1.97 bits per heavy atom. The first kappa shape index (κ1) is 23.9. The standard InChI is InChI=1S/C12H10O3S.C11H8N2O3S/c1-8-7-11(16(2,14)15)9-5-3-4-6-10(9)12(8)13;1-17(15,16)10-4-2-3-8-7(10)5-6-9(13-12)11(8)14/h3-7H,1H2,2H3;2-6H,1H3. The summed E-state index contributed by atoms with van der Waals surface area (Å²) in [6, 6.07) is 11.1. The van der Waals surface area contributed by atoms with Crippen molar-refractivity contribution in [2.24, 2.45) is 0 Å². The molecule has 0 atom stereocenters. The van der Waals surface area contributed by atoms with E-state index in [4.69, 9.17) is 5.53 Å². The van der Waals surface area contributed by atoms with E-state index in [1.54, 1.807) is 24.3 Å². The zero-order valence-electron chi connectivity index (χ0n) is 17.6. The van der Waals surface area contributed by atoms with Crippen LogP contribution in [-0.4, -0.2) is 51.4 Å². The Balaban J connectivity index is 0.000000186. The Morgan fingerprint density at radius 2 is 1.39 bits per heavy atom.